The quantitative estimate of drug-likeness (QED) is 0.278. The minimum atomic E-state index is -0.391. The third-order valence-electron chi connectivity index (χ3n) is 6.59. The summed E-state index contributed by atoms with van der Waals surface area (Å²) in [5.41, 5.74) is 4.08. The van der Waals surface area contributed by atoms with E-state index in [0.717, 1.165) is 40.0 Å². The maximum Gasteiger partial charge on any atom is 0.283 e. The molecule has 1 aromatic heterocycles. The van der Waals surface area contributed by atoms with Gasteiger partial charge in [0.2, 0.25) is 0 Å². The fourth-order valence-electron chi connectivity index (χ4n) is 4.75. The van der Waals surface area contributed by atoms with Crippen LogP contribution in [0, 0.1) is 11.3 Å². The van der Waals surface area contributed by atoms with Crippen LogP contribution in [0.2, 0.25) is 0 Å². The Kier molecular flexibility index (Phi) is 6.43. The van der Waals surface area contributed by atoms with Crippen molar-refractivity contribution in [1.29, 1.82) is 5.41 Å². The molecule has 0 saturated carbocycles. The molecular formula is C31H26N4O2S. The molecule has 0 aliphatic carbocycles. The Morgan fingerprint density at radius 2 is 1.71 bits per heavy atom. The van der Waals surface area contributed by atoms with Crippen LogP contribution in [-0.4, -0.2) is 33.0 Å². The van der Waals surface area contributed by atoms with Crippen molar-refractivity contribution < 1.29 is 9.53 Å². The Morgan fingerprint density at radius 3 is 2.50 bits per heavy atom. The summed E-state index contributed by atoms with van der Waals surface area (Å²) in [5, 5.41) is 12.5. The molecule has 3 heterocycles. The summed E-state index contributed by atoms with van der Waals surface area (Å²) in [7, 11) is 0. The Balaban J connectivity index is 1.29. The van der Waals surface area contributed by atoms with Gasteiger partial charge in [-0.25, -0.2) is 0 Å². The smallest absolute Gasteiger partial charge is 0.283 e. The van der Waals surface area contributed by atoms with Crippen LogP contribution in [0.15, 0.2) is 107 Å². The number of hydrogen-bond donors (Lipinski definition) is 1. The van der Waals surface area contributed by atoms with E-state index in [4.69, 9.17) is 10.1 Å². The van der Waals surface area contributed by atoms with Crippen LogP contribution in [0.4, 0.5) is 0 Å². The lowest BCUT2D eigenvalue weighted by Gasteiger charge is -2.26. The lowest BCUT2D eigenvalue weighted by atomic mass is 10.1. The van der Waals surface area contributed by atoms with Gasteiger partial charge in [0.05, 0.1) is 17.9 Å². The van der Waals surface area contributed by atoms with Gasteiger partial charge in [-0.15, -0.1) is 0 Å². The molecule has 0 radical (unpaired) electrons. The third kappa shape index (κ3) is 4.57. The summed E-state index contributed by atoms with van der Waals surface area (Å²) < 4.78 is 8.17. The molecule has 0 spiro atoms. The van der Waals surface area contributed by atoms with Gasteiger partial charge in [0.25, 0.3) is 5.91 Å². The number of nitrogens with zero attached hydrogens (tertiary/aromatic N) is 3. The van der Waals surface area contributed by atoms with Gasteiger partial charge in [0.1, 0.15) is 11.6 Å². The monoisotopic (exact) mass is 518 g/mol. The number of rotatable bonds is 7. The van der Waals surface area contributed by atoms with Gasteiger partial charge in [-0.05, 0) is 29.8 Å². The molecule has 7 heteroatoms. The molecule has 1 N–H and O–H groups in total. The predicted molar refractivity (Wildman–Crippen MR) is 155 cm³/mol. The van der Waals surface area contributed by atoms with Gasteiger partial charge < -0.3 is 9.30 Å². The van der Waals surface area contributed by atoms with Crippen molar-refractivity contribution in [3.05, 3.63) is 113 Å². The van der Waals surface area contributed by atoms with Crippen LogP contribution in [0.5, 0.6) is 5.75 Å². The van der Waals surface area contributed by atoms with Crippen molar-refractivity contribution in [2.75, 3.05) is 6.61 Å². The van der Waals surface area contributed by atoms with E-state index in [1.54, 1.807) is 11.0 Å². The Bertz CT molecular complexity index is 1620. The lowest BCUT2D eigenvalue weighted by molar-refractivity contribution is -0.114. The molecule has 4 aromatic rings. The molecule has 6 nitrogen and oxygen atoms in total. The number of amides is 1. The van der Waals surface area contributed by atoms with Gasteiger partial charge >= 0.3 is 0 Å². The molecular weight excluding hydrogens is 492 g/mol. The van der Waals surface area contributed by atoms with Gasteiger partial charge in [0.15, 0.2) is 5.17 Å². The first-order valence-electron chi connectivity index (χ1n) is 12.5. The predicted octanol–water partition coefficient (Wildman–Crippen LogP) is 6.66. The van der Waals surface area contributed by atoms with Crippen molar-refractivity contribution in [1.82, 2.24) is 9.47 Å². The second-order valence-corrected chi connectivity index (χ2v) is 10.2. The van der Waals surface area contributed by atoms with Crippen LogP contribution in [0.3, 0.4) is 0 Å². The number of amidine groups is 2. The molecule has 2 aliphatic heterocycles. The highest BCUT2D eigenvalue weighted by molar-refractivity contribution is 8.17. The minimum absolute atomic E-state index is 0.140. The van der Waals surface area contributed by atoms with Gasteiger partial charge in [-0.2, -0.15) is 4.99 Å². The molecule has 2 aliphatic rings. The average molecular weight is 519 g/mol. The van der Waals surface area contributed by atoms with Crippen molar-refractivity contribution >= 4 is 51.3 Å². The van der Waals surface area contributed by atoms with E-state index in [1.807, 2.05) is 78.2 Å². The standard InChI is InChI=1S/C31H26N4O2S/c1-21(19-37-24-12-6-3-7-13-24)17-34-18-23(25-14-8-9-15-27(25)34)16-26-29(32)35-28(22-10-4-2-5-11-22)20-38-31(35)33-30(26)36/h2-16,18,20-21,32H,17,19H2,1H3/b26-16+,32-29?. The molecule has 0 bridgehead atoms. The van der Waals surface area contributed by atoms with Crippen molar-refractivity contribution in [2.45, 2.75) is 13.5 Å². The van der Waals surface area contributed by atoms with E-state index in [2.05, 4.69) is 34.8 Å². The summed E-state index contributed by atoms with van der Waals surface area (Å²) in [6.45, 7) is 3.51. The molecule has 0 saturated heterocycles. The molecule has 1 atom stereocenters. The van der Waals surface area contributed by atoms with E-state index in [9.17, 15) is 4.79 Å². The molecule has 6 rings (SSSR count). The highest BCUT2D eigenvalue weighted by Gasteiger charge is 2.36. The Morgan fingerprint density at radius 1 is 1.00 bits per heavy atom. The summed E-state index contributed by atoms with van der Waals surface area (Å²) in [5.74, 6) is 0.869. The van der Waals surface area contributed by atoms with Crippen LogP contribution >= 0.6 is 11.8 Å². The second-order valence-electron chi connectivity index (χ2n) is 9.41. The largest absolute Gasteiger partial charge is 0.493 e. The maximum atomic E-state index is 13.1. The van der Waals surface area contributed by atoms with E-state index in [-0.39, 0.29) is 17.3 Å². The van der Waals surface area contributed by atoms with E-state index < -0.39 is 5.91 Å². The topological polar surface area (TPSA) is 70.7 Å². The SMILES string of the molecule is CC(COc1ccccc1)Cn1cc(/C=C2\C(=N)N3C(c4ccccc4)=CSC3=NC2=O)c2ccccc21. The molecule has 1 unspecified atom stereocenters. The first-order valence-corrected chi connectivity index (χ1v) is 13.4. The zero-order valence-corrected chi connectivity index (χ0v) is 21.7. The lowest BCUT2D eigenvalue weighted by Crippen LogP contribution is -2.38. The summed E-state index contributed by atoms with van der Waals surface area (Å²) in [4.78, 5) is 19.1. The number of nitrogens with one attached hydrogen (secondary N) is 1. The highest BCUT2D eigenvalue weighted by Crippen LogP contribution is 2.37. The maximum absolute atomic E-state index is 13.1. The number of para-hydroxylation sites is 2. The molecule has 0 fully saturated rings. The normalized spacial score (nSPS) is 17.0. The third-order valence-corrected chi connectivity index (χ3v) is 7.42. The van der Waals surface area contributed by atoms with Crippen molar-refractivity contribution in [2.24, 2.45) is 10.9 Å². The summed E-state index contributed by atoms with van der Waals surface area (Å²) >= 11 is 1.37. The number of thioether (sulfide) groups is 1. The number of fused-ring (bicyclic) bond motifs is 2. The number of ether oxygens (including phenoxy) is 1. The van der Waals surface area contributed by atoms with Gasteiger partial charge in [-0.1, -0.05) is 85.4 Å². The minimum Gasteiger partial charge on any atom is -0.493 e. The zero-order valence-electron chi connectivity index (χ0n) is 20.9. The number of aliphatic imine (C=N–C) groups is 1. The number of benzene rings is 3. The fourth-order valence-corrected chi connectivity index (χ4v) is 5.64. The van der Waals surface area contributed by atoms with Gasteiger partial charge in [-0.3, -0.25) is 15.1 Å². The second kappa shape index (κ2) is 10.2. The van der Waals surface area contributed by atoms with Crippen LogP contribution in [0.1, 0.15) is 18.1 Å². The van der Waals surface area contributed by atoms with Crippen molar-refractivity contribution in [3.8, 4) is 5.75 Å². The molecule has 1 amide bonds. The first kappa shape index (κ1) is 24.0. The number of hydrogen-bond acceptors (Lipinski definition) is 4. The molecule has 38 heavy (non-hydrogen) atoms. The van der Waals surface area contributed by atoms with Crippen LogP contribution in [0.25, 0.3) is 22.7 Å². The number of aromatic nitrogens is 1. The van der Waals surface area contributed by atoms with Gasteiger partial charge in [0, 0.05) is 40.5 Å². The summed E-state index contributed by atoms with van der Waals surface area (Å²) in [6.07, 6.45) is 3.86. The molecule has 188 valence electrons. The molecule has 3 aromatic carbocycles. The number of carbonyl (C=O) groups excluding carboxylic acids is 1. The van der Waals surface area contributed by atoms with Crippen molar-refractivity contribution in [3.63, 3.8) is 0 Å². The van der Waals surface area contributed by atoms with E-state index in [0.29, 0.717) is 11.8 Å². The highest BCUT2D eigenvalue weighted by atomic mass is 32.2. The summed E-state index contributed by atoms with van der Waals surface area (Å²) in [6, 6.07) is 27.9. The van der Waals surface area contributed by atoms with Crippen LogP contribution in [-0.2, 0) is 11.3 Å². The van der Waals surface area contributed by atoms with E-state index in [1.165, 1.54) is 11.8 Å². The Labute approximate surface area is 225 Å². The Hall–Kier alpha value is -4.36. The van der Waals surface area contributed by atoms with Crippen LogP contribution < -0.4 is 4.74 Å². The fraction of sp³-hybridized carbons (Fsp3) is 0.129. The van der Waals surface area contributed by atoms with E-state index >= 15 is 0 Å². The zero-order chi connectivity index (χ0) is 26.1. The first-order chi connectivity index (χ1) is 18.6. The number of carbonyl (C=O) groups is 1. The average Bonchev–Trinajstić information content (AvgIpc) is 3.52.